The SMILES string of the molecule is CCOc1ccccc1Nc1ccc(N)c(OC(C)C)c1. The van der Waals surface area contributed by atoms with E-state index in [1.165, 1.54) is 0 Å². The number of hydrogen-bond acceptors (Lipinski definition) is 4. The van der Waals surface area contributed by atoms with Crippen molar-refractivity contribution in [1.29, 1.82) is 0 Å². The number of hydrogen-bond donors (Lipinski definition) is 2. The third-order valence-electron chi connectivity index (χ3n) is 2.84. The van der Waals surface area contributed by atoms with Gasteiger partial charge in [-0.25, -0.2) is 0 Å². The first-order chi connectivity index (χ1) is 10.1. The van der Waals surface area contributed by atoms with Gasteiger partial charge in [-0.15, -0.1) is 0 Å². The summed E-state index contributed by atoms with van der Waals surface area (Å²) in [5.74, 6) is 1.51. The molecule has 0 fully saturated rings. The Labute approximate surface area is 125 Å². The van der Waals surface area contributed by atoms with E-state index in [2.05, 4.69) is 5.32 Å². The van der Waals surface area contributed by atoms with Gasteiger partial charge in [-0.05, 0) is 45.0 Å². The molecule has 0 bridgehead atoms. The molecule has 0 aliphatic rings. The van der Waals surface area contributed by atoms with Crippen LogP contribution < -0.4 is 20.5 Å². The molecule has 0 aliphatic carbocycles. The van der Waals surface area contributed by atoms with Crippen LogP contribution in [0, 0.1) is 0 Å². The van der Waals surface area contributed by atoms with E-state index in [0.717, 1.165) is 17.1 Å². The van der Waals surface area contributed by atoms with Crippen molar-refractivity contribution in [1.82, 2.24) is 0 Å². The van der Waals surface area contributed by atoms with Gasteiger partial charge in [-0.1, -0.05) is 12.1 Å². The summed E-state index contributed by atoms with van der Waals surface area (Å²) in [6.07, 6.45) is 0.0817. The van der Waals surface area contributed by atoms with Gasteiger partial charge in [-0.3, -0.25) is 0 Å². The lowest BCUT2D eigenvalue weighted by molar-refractivity contribution is 0.244. The number of nitrogens with two attached hydrogens (primary N) is 1. The van der Waals surface area contributed by atoms with Crippen molar-refractivity contribution in [2.24, 2.45) is 0 Å². The maximum absolute atomic E-state index is 5.93. The van der Waals surface area contributed by atoms with Crippen molar-refractivity contribution < 1.29 is 9.47 Å². The largest absolute Gasteiger partial charge is 0.492 e. The zero-order chi connectivity index (χ0) is 15.2. The summed E-state index contributed by atoms with van der Waals surface area (Å²) in [6, 6.07) is 13.5. The minimum atomic E-state index is 0.0817. The first-order valence-electron chi connectivity index (χ1n) is 7.15. The van der Waals surface area contributed by atoms with Crippen LogP contribution in [0.3, 0.4) is 0 Å². The molecule has 0 aromatic heterocycles. The molecule has 3 N–H and O–H groups in total. The van der Waals surface area contributed by atoms with Crippen LogP contribution in [-0.2, 0) is 0 Å². The number of rotatable bonds is 6. The number of ether oxygens (including phenoxy) is 2. The molecule has 4 heteroatoms. The van der Waals surface area contributed by atoms with Crippen LogP contribution in [0.15, 0.2) is 42.5 Å². The van der Waals surface area contributed by atoms with Crippen LogP contribution in [0.5, 0.6) is 11.5 Å². The molecule has 0 saturated heterocycles. The Bertz CT molecular complexity index is 597. The molecule has 2 rings (SSSR count). The van der Waals surface area contributed by atoms with E-state index < -0.39 is 0 Å². The van der Waals surface area contributed by atoms with Crippen LogP contribution >= 0.6 is 0 Å². The van der Waals surface area contributed by atoms with E-state index in [4.69, 9.17) is 15.2 Å². The Morgan fingerprint density at radius 2 is 1.86 bits per heavy atom. The molecule has 0 unspecified atom stereocenters. The Morgan fingerprint density at radius 3 is 2.57 bits per heavy atom. The van der Waals surface area contributed by atoms with E-state index in [-0.39, 0.29) is 6.10 Å². The van der Waals surface area contributed by atoms with Crippen LogP contribution in [0.4, 0.5) is 17.1 Å². The second kappa shape index (κ2) is 6.88. The maximum atomic E-state index is 5.93. The van der Waals surface area contributed by atoms with Gasteiger partial charge >= 0.3 is 0 Å². The highest BCUT2D eigenvalue weighted by molar-refractivity contribution is 5.70. The smallest absolute Gasteiger partial charge is 0.144 e. The Hall–Kier alpha value is -2.36. The fraction of sp³-hybridized carbons (Fsp3) is 0.294. The van der Waals surface area contributed by atoms with Crippen molar-refractivity contribution in [3.63, 3.8) is 0 Å². The molecular formula is C17H22N2O2. The lowest BCUT2D eigenvalue weighted by Gasteiger charge is -2.16. The highest BCUT2D eigenvalue weighted by Gasteiger charge is 2.07. The Kier molecular flexibility index (Phi) is 4.93. The predicted molar refractivity (Wildman–Crippen MR) is 87.5 cm³/mol. The lowest BCUT2D eigenvalue weighted by atomic mass is 10.2. The van der Waals surface area contributed by atoms with Crippen molar-refractivity contribution in [3.05, 3.63) is 42.5 Å². The molecule has 4 nitrogen and oxygen atoms in total. The van der Waals surface area contributed by atoms with Gasteiger partial charge < -0.3 is 20.5 Å². The molecule has 2 aromatic carbocycles. The molecule has 0 amide bonds. The fourth-order valence-electron chi connectivity index (χ4n) is 1.97. The monoisotopic (exact) mass is 286 g/mol. The average molecular weight is 286 g/mol. The second-order valence-electron chi connectivity index (χ2n) is 4.97. The number of nitrogen functional groups attached to an aromatic ring is 1. The van der Waals surface area contributed by atoms with Crippen LogP contribution in [-0.4, -0.2) is 12.7 Å². The van der Waals surface area contributed by atoms with Crippen molar-refractivity contribution in [3.8, 4) is 11.5 Å². The summed E-state index contributed by atoms with van der Waals surface area (Å²) < 4.78 is 11.3. The molecule has 0 spiro atoms. The number of benzene rings is 2. The summed E-state index contributed by atoms with van der Waals surface area (Å²) >= 11 is 0. The Morgan fingerprint density at radius 1 is 1.10 bits per heavy atom. The number of para-hydroxylation sites is 2. The van der Waals surface area contributed by atoms with Gasteiger partial charge in [0.25, 0.3) is 0 Å². The number of anilines is 3. The molecule has 0 aliphatic heterocycles. The van der Waals surface area contributed by atoms with Crippen LogP contribution in [0.2, 0.25) is 0 Å². The summed E-state index contributed by atoms with van der Waals surface area (Å²) in [7, 11) is 0. The quantitative estimate of drug-likeness (QED) is 0.781. The highest BCUT2D eigenvalue weighted by atomic mass is 16.5. The summed E-state index contributed by atoms with van der Waals surface area (Å²) in [5, 5.41) is 3.34. The molecule has 0 atom stereocenters. The zero-order valence-corrected chi connectivity index (χ0v) is 12.7. The van der Waals surface area contributed by atoms with Gasteiger partial charge in [0.15, 0.2) is 0 Å². The van der Waals surface area contributed by atoms with Gasteiger partial charge in [0.1, 0.15) is 11.5 Å². The summed E-state index contributed by atoms with van der Waals surface area (Å²) in [6.45, 7) is 6.55. The molecule has 21 heavy (non-hydrogen) atoms. The van der Waals surface area contributed by atoms with E-state index in [9.17, 15) is 0 Å². The van der Waals surface area contributed by atoms with E-state index in [1.54, 1.807) is 0 Å². The van der Waals surface area contributed by atoms with Crippen LogP contribution in [0.25, 0.3) is 0 Å². The number of nitrogens with one attached hydrogen (secondary N) is 1. The molecule has 0 heterocycles. The highest BCUT2D eigenvalue weighted by Crippen LogP contribution is 2.31. The van der Waals surface area contributed by atoms with Crippen LogP contribution in [0.1, 0.15) is 20.8 Å². The molecule has 2 aromatic rings. The van der Waals surface area contributed by atoms with Gasteiger partial charge in [0.2, 0.25) is 0 Å². The normalized spacial score (nSPS) is 10.5. The first kappa shape index (κ1) is 15.0. The molecule has 112 valence electrons. The third-order valence-corrected chi connectivity index (χ3v) is 2.84. The fourth-order valence-corrected chi connectivity index (χ4v) is 1.97. The standard InChI is InChI=1S/C17H22N2O2/c1-4-20-16-8-6-5-7-15(16)19-13-9-10-14(18)17(11-13)21-12(2)3/h5-12,19H,4,18H2,1-3H3. The Balaban J connectivity index is 2.23. The summed E-state index contributed by atoms with van der Waals surface area (Å²) in [5.41, 5.74) is 8.39. The minimum absolute atomic E-state index is 0.0817. The molecular weight excluding hydrogens is 264 g/mol. The predicted octanol–water partition coefficient (Wildman–Crippen LogP) is 4.20. The average Bonchev–Trinajstić information content (AvgIpc) is 2.44. The van der Waals surface area contributed by atoms with E-state index >= 15 is 0 Å². The molecule has 0 radical (unpaired) electrons. The van der Waals surface area contributed by atoms with E-state index in [0.29, 0.717) is 18.0 Å². The summed E-state index contributed by atoms with van der Waals surface area (Å²) in [4.78, 5) is 0. The van der Waals surface area contributed by atoms with Crippen molar-refractivity contribution in [2.75, 3.05) is 17.7 Å². The molecule has 0 saturated carbocycles. The van der Waals surface area contributed by atoms with Gasteiger partial charge in [0.05, 0.1) is 24.1 Å². The van der Waals surface area contributed by atoms with Gasteiger partial charge in [-0.2, -0.15) is 0 Å². The van der Waals surface area contributed by atoms with Crippen molar-refractivity contribution >= 4 is 17.1 Å². The topological polar surface area (TPSA) is 56.5 Å². The third kappa shape index (κ3) is 4.05. The van der Waals surface area contributed by atoms with Gasteiger partial charge in [0, 0.05) is 11.8 Å². The van der Waals surface area contributed by atoms with Crippen molar-refractivity contribution in [2.45, 2.75) is 26.9 Å². The zero-order valence-electron chi connectivity index (χ0n) is 12.7. The maximum Gasteiger partial charge on any atom is 0.144 e. The second-order valence-corrected chi connectivity index (χ2v) is 4.97. The minimum Gasteiger partial charge on any atom is -0.492 e. The first-order valence-corrected chi connectivity index (χ1v) is 7.15. The lowest BCUT2D eigenvalue weighted by Crippen LogP contribution is -2.07. The van der Waals surface area contributed by atoms with E-state index in [1.807, 2.05) is 63.2 Å².